The van der Waals surface area contributed by atoms with E-state index in [0.29, 0.717) is 13.2 Å². The van der Waals surface area contributed by atoms with Crippen molar-refractivity contribution in [1.29, 1.82) is 0 Å². The first-order valence-corrected chi connectivity index (χ1v) is 5.36. The van der Waals surface area contributed by atoms with Crippen LogP contribution >= 0.6 is 0 Å². The lowest BCUT2D eigenvalue weighted by Crippen LogP contribution is -2.23. The zero-order valence-electron chi connectivity index (χ0n) is 8.83. The molecule has 0 radical (unpaired) electrons. The lowest BCUT2D eigenvalue weighted by Gasteiger charge is -2.16. The third-order valence-electron chi connectivity index (χ3n) is 2.95. The van der Waals surface area contributed by atoms with Crippen molar-refractivity contribution in [3.05, 3.63) is 35.4 Å². The fraction of sp³-hybridized carbons (Fsp3) is 0.500. The number of aliphatic hydroxyl groups is 1. The van der Waals surface area contributed by atoms with Gasteiger partial charge < -0.3 is 9.84 Å². The minimum atomic E-state index is -0.668. The molecule has 1 saturated heterocycles. The Morgan fingerprint density at radius 2 is 2.25 bits per heavy atom. The molecule has 0 aromatic heterocycles. The monoisotopic (exact) mass is 228 g/mol. The first-order valence-electron chi connectivity index (χ1n) is 5.36. The first kappa shape index (κ1) is 11.5. The Bertz CT molecular complexity index is 362. The highest BCUT2D eigenvalue weighted by Crippen LogP contribution is 2.21. The van der Waals surface area contributed by atoms with E-state index in [1.165, 1.54) is 0 Å². The van der Waals surface area contributed by atoms with Gasteiger partial charge in [0, 0.05) is 18.9 Å². The Morgan fingerprint density at radius 3 is 2.94 bits per heavy atom. The predicted octanol–water partition coefficient (Wildman–Crippen LogP) is 1.90. The van der Waals surface area contributed by atoms with Crippen LogP contribution < -0.4 is 0 Å². The first-order chi connectivity index (χ1) is 7.66. The highest BCUT2D eigenvalue weighted by atomic mass is 19.1. The number of rotatable bonds is 3. The number of hydrogen-bond donors (Lipinski definition) is 1. The molecule has 0 spiro atoms. The van der Waals surface area contributed by atoms with Gasteiger partial charge in [0.05, 0.1) is 12.7 Å². The largest absolute Gasteiger partial charge is 0.392 e. The molecule has 1 heterocycles. The molecule has 0 bridgehead atoms. The predicted molar refractivity (Wildman–Crippen MR) is 55.0 cm³/mol. The van der Waals surface area contributed by atoms with Gasteiger partial charge in [0.25, 0.3) is 0 Å². The van der Waals surface area contributed by atoms with Crippen LogP contribution in [-0.4, -0.2) is 24.4 Å². The van der Waals surface area contributed by atoms with E-state index in [4.69, 9.17) is 4.74 Å². The molecule has 2 atom stereocenters. The maximum atomic E-state index is 13.3. The molecule has 2 rings (SSSR count). The van der Waals surface area contributed by atoms with Crippen molar-refractivity contribution in [3.8, 4) is 0 Å². The molecule has 1 aliphatic rings. The maximum Gasteiger partial charge on any atom is 0.126 e. The summed E-state index contributed by atoms with van der Waals surface area (Å²) in [5.74, 6) is -0.923. The van der Waals surface area contributed by atoms with Crippen LogP contribution in [0.4, 0.5) is 8.78 Å². The molecule has 1 aromatic carbocycles. The van der Waals surface area contributed by atoms with E-state index in [-0.39, 0.29) is 17.9 Å². The van der Waals surface area contributed by atoms with Gasteiger partial charge in [-0.15, -0.1) is 0 Å². The molecule has 2 nitrogen and oxygen atoms in total. The topological polar surface area (TPSA) is 29.5 Å². The molecule has 1 N–H and O–H groups in total. The third-order valence-corrected chi connectivity index (χ3v) is 2.95. The second kappa shape index (κ2) is 4.89. The Morgan fingerprint density at radius 1 is 1.44 bits per heavy atom. The summed E-state index contributed by atoms with van der Waals surface area (Å²) in [6.45, 7) is 1.13. The third kappa shape index (κ3) is 2.57. The summed E-state index contributed by atoms with van der Waals surface area (Å²) in [6, 6.07) is 3.29. The van der Waals surface area contributed by atoms with Crippen LogP contribution in [-0.2, 0) is 11.2 Å². The van der Waals surface area contributed by atoms with Crippen molar-refractivity contribution in [2.75, 3.05) is 13.2 Å². The smallest absolute Gasteiger partial charge is 0.126 e. The molecule has 2 unspecified atom stereocenters. The summed E-state index contributed by atoms with van der Waals surface area (Å²) in [7, 11) is 0. The molecule has 1 aromatic rings. The van der Waals surface area contributed by atoms with Crippen LogP contribution in [0, 0.1) is 17.6 Å². The van der Waals surface area contributed by atoms with Gasteiger partial charge in [0.2, 0.25) is 0 Å². The summed E-state index contributed by atoms with van der Waals surface area (Å²) in [4.78, 5) is 0. The number of ether oxygens (including phenoxy) is 1. The van der Waals surface area contributed by atoms with Gasteiger partial charge in [-0.05, 0) is 30.2 Å². The fourth-order valence-corrected chi connectivity index (χ4v) is 1.95. The van der Waals surface area contributed by atoms with Gasteiger partial charge in [-0.25, -0.2) is 8.78 Å². The van der Waals surface area contributed by atoms with Crippen LogP contribution in [0.15, 0.2) is 18.2 Å². The van der Waals surface area contributed by atoms with Crippen molar-refractivity contribution < 1.29 is 18.6 Å². The molecule has 1 fully saturated rings. The zero-order valence-corrected chi connectivity index (χ0v) is 8.83. The quantitative estimate of drug-likeness (QED) is 0.856. The van der Waals surface area contributed by atoms with E-state index in [1.807, 2.05) is 0 Å². The van der Waals surface area contributed by atoms with Crippen molar-refractivity contribution in [2.24, 2.45) is 5.92 Å². The minimum absolute atomic E-state index is 0.0302. The molecular formula is C12H14F2O2. The van der Waals surface area contributed by atoms with Crippen molar-refractivity contribution >= 4 is 0 Å². The average Bonchev–Trinajstić information content (AvgIpc) is 2.76. The van der Waals surface area contributed by atoms with Gasteiger partial charge in [-0.2, -0.15) is 0 Å². The molecule has 1 aliphatic heterocycles. The Kier molecular flexibility index (Phi) is 3.51. The normalized spacial score (nSPS) is 22.3. The standard InChI is InChI=1S/C12H14F2O2/c13-10-1-2-11(14)9(5-10)6-12(15)8-3-4-16-7-8/h1-2,5,8,12,15H,3-4,6-7H2. The van der Waals surface area contributed by atoms with E-state index >= 15 is 0 Å². The second-order valence-electron chi connectivity index (χ2n) is 4.13. The maximum absolute atomic E-state index is 13.3. The Balaban J connectivity index is 2.04. The van der Waals surface area contributed by atoms with Crippen LogP contribution in [0.25, 0.3) is 0 Å². The van der Waals surface area contributed by atoms with Crippen molar-refractivity contribution in [2.45, 2.75) is 18.9 Å². The minimum Gasteiger partial charge on any atom is -0.392 e. The molecule has 4 heteroatoms. The summed E-state index contributed by atoms with van der Waals surface area (Å²) < 4.78 is 31.4. The number of benzene rings is 1. The summed E-state index contributed by atoms with van der Waals surface area (Å²) in [5, 5.41) is 9.85. The SMILES string of the molecule is OC(Cc1cc(F)ccc1F)C1CCOC1. The summed E-state index contributed by atoms with van der Waals surface area (Å²) in [6.07, 6.45) is 0.245. The molecule has 16 heavy (non-hydrogen) atoms. The zero-order chi connectivity index (χ0) is 11.5. The highest BCUT2D eigenvalue weighted by Gasteiger charge is 2.24. The van der Waals surface area contributed by atoms with E-state index < -0.39 is 17.7 Å². The molecule has 88 valence electrons. The van der Waals surface area contributed by atoms with Crippen LogP contribution in [0.2, 0.25) is 0 Å². The van der Waals surface area contributed by atoms with Gasteiger partial charge in [0.15, 0.2) is 0 Å². The van der Waals surface area contributed by atoms with E-state index in [2.05, 4.69) is 0 Å². The van der Waals surface area contributed by atoms with Crippen LogP contribution in [0.1, 0.15) is 12.0 Å². The molecular weight excluding hydrogens is 214 g/mol. The van der Waals surface area contributed by atoms with Crippen molar-refractivity contribution in [1.82, 2.24) is 0 Å². The summed E-state index contributed by atoms with van der Waals surface area (Å²) in [5.41, 5.74) is 0.222. The van der Waals surface area contributed by atoms with Gasteiger partial charge >= 0.3 is 0 Å². The summed E-state index contributed by atoms with van der Waals surface area (Å²) >= 11 is 0. The number of halogens is 2. The number of aliphatic hydroxyl groups excluding tert-OH is 1. The van der Waals surface area contributed by atoms with Crippen LogP contribution in [0.5, 0.6) is 0 Å². The Hall–Kier alpha value is -1.00. The number of hydrogen-bond acceptors (Lipinski definition) is 2. The van der Waals surface area contributed by atoms with E-state index in [1.54, 1.807) is 0 Å². The fourth-order valence-electron chi connectivity index (χ4n) is 1.95. The molecule has 0 aliphatic carbocycles. The van der Waals surface area contributed by atoms with Crippen molar-refractivity contribution in [3.63, 3.8) is 0 Å². The lowest BCUT2D eigenvalue weighted by atomic mass is 9.95. The lowest BCUT2D eigenvalue weighted by molar-refractivity contribution is 0.0911. The second-order valence-corrected chi connectivity index (χ2v) is 4.13. The van der Waals surface area contributed by atoms with Gasteiger partial charge in [0.1, 0.15) is 11.6 Å². The average molecular weight is 228 g/mol. The molecule has 0 saturated carbocycles. The van der Waals surface area contributed by atoms with E-state index in [0.717, 1.165) is 24.6 Å². The Labute approximate surface area is 92.9 Å². The molecule has 0 amide bonds. The van der Waals surface area contributed by atoms with Crippen LogP contribution in [0.3, 0.4) is 0 Å². The highest BCUT2D eigenvalue weighted by molar-refractivity contribution is 5.19. The van der Waals surface area contributed by atoms with Gasteiger partial charge in [-0.3, -0.25) is 0 Å². The van der Waals surface area contributed by atoms with E-state index in [9.17, 15) is 13.9 Å². The van der Waals surface area contributed by atoms with Gasteiger partial charge in [-0.1, -0.05) is 0 Å².